The number of hydrogen-bond acceptors (Lipinski definition) is 9. The van der Waals surface area contributed by atoms with E-state index in [2.05, 4.69) is 0 Å². The minimum absolute atomic E-state index is 0.0219. The van der Waals surface area contributed by atoms with Gasteiger partial charge in [0.25, 0.3) is 0 Å². The van der Waals surface area contributed by atoms with Crippen LogP contribution in [0.4, 0.5) is 0 Å². The van der Waals surface area contributed by atoms with E-state index in [0.29, 0.717) is 83.5 Å². The van der Waals surface area contributed by atoms with Crippen molar-refractivity contribution in [2.24, 2.45) is 0 Å². The van der Waals surface area contributed by atoms with Gasteiger partial charge < -0.3 is 46.0 Å². The third-order valence-corrected chi connectivity index (χ3v) is 13.1. The second kappa shape index (κ2) is 20.2. The second-order valence-corrected chi connectivity index (χ2v) is 17.8. The van der Waals surface area contributed by atoms with Crippen LogP contribution in [0, 0.1) is 0 Å². The maximum absolute atomic E-state index is 12.2. The zero-order valence-electron chi connectivity index (χ0n) is 38.2. The molecule has 70 heavy (non-hydrogen) atoms. The largest absolute Gasteiger partial charge is 0.508 e. The van der Waals surface area contributed by atoms with Gasteiger partial charge in [-0.25, -0.2) is 0 Å². The summed E-state index contributed by atoms with van der Waals surface area (Å²) in [6, 6.07) is 52.8. The Morgan fingerprint density at radius 3 is 0.529 bits per heavy atom. The fourth-order valence-electron chi connectivity index (χ4n) is 9.44. The maximum atomic E-state index is 12.2. The highest BCUT2D eigenvalue weighted by Gasteiger charge is 2.27. The molecule has 9 nitrogen and oxygen atoms in total. The van der Waals surface area contributed by atoms with E-state index < -0.39 is 5.92 Å². The molecule has 0 heterocycles. The van der Waals surface area contributed by atoms with Gasteiger partial charge in [-0.05, 0) is 120 Å². The van der Waals surface area contributed by atoms with E-state index in [-0.39, 0.29) is 90.3 Å². The lowest BCUT2D eigenvalue weighted by atomic mass is 9.79. The predicted octanol–water partition coefficient (Wildman–Crippen LogP) is 11.8. The molecule has 9 heteroatoms. The molecule has 9 aromatic rings. The average molecular weight is 929 g/mol. The Balaban J connectivity index is 1.35. The molecule has 0 bridgehead atoms. The van der Waals surface area contributed by atoms with Crippen LogP contribution in [0.2, 0.25) is 0 Å². The molecular weight excluding hydrogens is 877 g/mol. The summed E-state index contributed by atoms with van der Waals surface area (Å²) in [5, 5.41) is 103. The van der Waals surface area contributed by atoms with E-state index >= 15 is 0 Å². The highest BCUT2D eigenvalue weighted by molar-refractivity contribution is 5.60. The van der Waals surface area contributed by atoms with Crippen LogP contribution in [-0.4, -0.2) is 46.0 Å². The minimum atomic E-state index is -0.745. The van der Waals surface area contributed by atoms with E-state index in [1.54, 1.807) is 109 Å². The first-order valence-corrected chi connectivity index (χ1v) is 23.0. The first-order valence-electron chi connectivity index (χ1n) is 23.0. The summed E-state index contributed by atoms with van der Waals surface area (Å²) in [6.07, 6.45) is 0.786. The number of benzene rings is 9. The highest BCUT2D eigenvalue weighted by Crippen LogP contribution is 2.44. The van der Waals surface area contributed by atoms with Gasteiger partial charge in [-0.3, -0.25) is 0 Å². The van der Waals surface area contributed by atoms with Gasteiger partial charge >= 0.3 is 0 Å². The van der Waals surface area contributed by atoms with E-state index in [1.165, 1.54) is 0 Å². The van der Waals surface area contributed by atoms with Crippen LogP contribution in [0.3, 0.4) is 0 Å². The maximum Gasteiger partial charge on any atom is 0.122 e. The lowest BCUT2D eigenvalue weighted by Crippen LogP contribution is -2.10. The van der Waals surface area contributed by atoms with Crippen molar-refractivity contribution in [3.8, 4) is 51.7 Å². The van der Waals surface area contributed by atoms with Crippen molar-refractivity contribution in [2.45, 2.75) is 44.4 Å². The Bertz CT molecular complexity index is 2800. The number of para-hydroxylation sites is 6. The molecule has 0 saturated carbocycles. The summed E-state index contributed by atoms with van der Waals surface area (Å²) in [4.78, 5) is 0. The summed E-state index contributed by atoms with van der Waals surface area (Å²) in [6.45, 7) is 0. The third-order valence-electron chi connectivity index (χ3n) is 13.1. The van der Waals surface area contributed by atoms with Gasteiger partial charge in [0, 0.05) is 44.4 Å². The van der Waals surface area contributed by atoms with Crippen molar-refractivity contribution >= 4 is 0 Å². The van der Waals surface area contributed by atoms with E-state index in [4.69, 9.17) is 0 Å². The Morgan fingerprint density at radius 1 is 0.214 bits per heavy atom. The fourth-order valence-corrected chi connectivity index (χ4v) is 9.44. The van der Waals surface area contributed by atoms with Gasteiger partial charge in [0.2, 0.25) is 0 Å². The Hall–Kier alpha value is -8.82. The summed E-state index contributed by atoms with van der Waals surface area (Å²) in [5.74, 6) is -0.514. The molecule has 9 rings (SSSR count). The standard InChI is InChI=1S/C61H52O9/c62-52-19-7-1-13-37(52)25-46-31-43(32-47(59(46)68)26-38-14-2-8-20-53(38)63)58(44-33-48(27-39-15-3-9-21-54(39)64)60(69)49(34-44)28-40-16-4-10-22-55(40)65)45-35-50(29-41-17-5-11-23-56(41)66)61(70)51(36-45)30-42-18-6-12-24-57(42)67/h1-24,31-36,58,62-70H,25-30H2. The molecule has 0 aromatic heterocycles. The predicted molar refractivity (Wildman–Crippen MR) is 271 cm³/mol. The monoisotopic (exact) mass is 928 g/mol. The van der Waals surface area contributed by atoms with Gasteiger partial charge in [0.05, 0.1) is 0 Å². The first kappa shape index (κ1) is 46.3. The summed E-state index contributed by atoms with van der Waals surface area (Å²) >= 11 is 0. The molecule has 0 unspecified atom stereocenters. The normalized spacial score (nSPS) is 11.3. The zero-order chi connectivity index (χ0) is 48.9. The SMILES string of the molecule is Oc1ccccc1Cc1cc(C(c2cc(Cc3ccccc3O)c(O)c(Cc3ccccc3O)c2)c2cc(Cc3ccccc3O)c(O)c(Cc3ccccc3O)c2)cc(Cc2ccccc2O)c1O. The second-order valence-electron chi connectivity index (χ2n) is 17.8. The van der Waals surface area contributed by atoms with Gasteiger partial charge in [-0.15, -0.1) is 0 Å². The number of phenols is 9. The van der Waals surface area contributed by atoms with Gasteiger partial charge in [-0.1, -0.05) is 146 Å². The molecule has 0 aliphatic carbocycles. The molecular formula is C61H52O9. The zero-order valence-corrected chi connectivity index (χ0v) is 38.2. The van der Waals surface area contributed by atoms with Gasteiger partial charge in [0.1, 0.15) is 51.7 Å². The number of phenolic OH excluding ortho intramolecular Hbond substituents is 9. The quantitative estimate of drug-likeness (QED) is 0.0452. The Morgan fingerprint density at radius 2 is 0.371 bits per heavy atom. The van der Waals surface area contributed by atoms with Crippen molar-refractivity contribution < 1.29 is 46.0 Å². The highest BCUT2D eigenvalue weighted by atomic mass is 16.3. The topological polar surface area (TPSA) is 182 Å². The molecule has 9 N–H and O–H groups in total. The van der Waals surface area contributed by atoms with Crippen molar-refractivity contribution in [2.75, 3.05) is 0 Å². The van der Waals surface area contributed by atoms with Crippen LogP contribution in [0.25, 0.3) is 0 Å². The summed E-state index contributed by atoms with van der Waals surface area (Å²) in [7, 11) is 0. The molecule has 0 fully saturated rings. The molecule has 0 spiro atoms. The smallest absolute Gasteiger partial charge is 0.122 e. The van der Waals surface area contributed by atoms with Crippen molar-refractivity contribution in [1.82, 2.24) is 0 Å². The summed E-state index contributed by atoms with van der Waals surface area (Å²) in [5.41, 5.74) is 8.35. The number of aromatic hydroxyl groups is 9. The molecule has 9 aromatic carbocycles. The number of rotatable bonds is 15. The molecule has 350 valence electrons. The van der Waals surface area contributed by atoms with Crippen LogP contribution in [0.5, 0.6) is 51.7 Å². The lowest BCUT2D eigenvalue weighted by molar-refractivity contribution is 0.456. The average Bonchev–Trinajstić information content (AvgIpc) is 3.35. The van der Waals surface area contributed by atoms with Crippen LogP contribution >= 0.6 is 0 Å². The summed E-state index contributed by atoms with van der Waals surface area (Å²) < 4.78 is 0. The van der Waals surface area contributed by atoms with E-state index in [9.17, 15) is 46.0 Å². The van der Waals surface area contributed by atoms with Crippen molar-refractivity contribution in [1.29, 1.82) is 0 Å². The molecule has 0 aliphatic rings. The fraction of sp³-hybridized carbons (Fsp3) is 0.115. The van der Waals surface area contributed by atoms with E-state index in [0.717, 1.165) is 0 Å². The Labute approximate surface area is 406 Å². The third kappa shape index (κ3) is 10.1. The van der Waals surface area contributed by atoms with Gasteiger partial charge in [0.15, 0.2) is 0 Å². The lowest BCUT2D eigenvalue weighted by Gasteiger charge is -2.26. The first-order chi connectivity index (χ1) is 33.9. The number of hydrogen-bond donors (Lipinski definition) is 9. The minimum Gasteiger partial charge on any atom is -0.508 e. The molecule has 0 aliphatic heterocycles. The van der Waals surface area contributed by atoms with E-state index in [1.807, 2.05) is 72.8 Å². The van der Waals surface area contributed by atoms with Crippen molar-refractivity contribution in [3.05, 3.63) is 265 Å². The van der Waals surface area contributed by atoms with Crippen molar-refractivity contribution in [3.63, 3.8) is 0 Å². The Kier molecular flexibility index (Phi) is 13.4. The van der Waals surface area contributed by atoms with Crippen LogP contribution in [-0.2, 0) is 38.5 Å². The van der Waals surface area contributed by atoms with Crippen LogP contribution in [0.1, 0.15) is 89.4 Å². The van der Waals surface area contributed by atoms with Crippen LogP contribution in [0.15, 0.2) is 182 Å². The molecule has 0 amide bonds. The molecule has 0 saturated heterocycles. The molecule has 0 atom stereocenters. The van der Waals surface area contributed by atoms with Gasteiger partial charge in [-0.2, -0.15) is 0 Å². The molecule has 0 radical (unpaired) electrons. The van der Waals surface area contributed by atoms with Crippen LogP contribution < -0.4 is 0 Å².